The molecule has 0 unspecified atom stereocenters. The molecular formula is C15H13FN2. The summed E-state index contributed by atoms with van der Waals surface area (Å²) in [6, 6.07) is 14.2. The lowest BCUT2D eigenvalue weighted by atomic mass is 10.1. The molecule has 90 valence electrons. The van der Waals surface area contributed by atoms with Gasteiger partial charge in [0.2, 0.25) is 0 Å². The number of halogens is 1. The van der Waals surface area contributed by atoms with Gasteiger partial charge in [0, 0.05) is 7.05 Å². The van der Waals surface area contributed by atoms with Crippen LogP contribution < -0.4 is 4.90 Å². The van der Waals surface area contributed by atoms with Gasteiger partial charge in [-0.1, -0.05) is 18.2 Å². The molecule has 18 heavy (non-hydrogen) atoms. The predicted octanol–water partition coefficient (Wildman–Crippen LogP) is 3.77. The fourth-order valence-corrected chi connectivity index (χ4v) is 1.87. The second kappa shape index (κ2) is 4.89. The summed E-state index contributed by atoms with van der Waals surface area (Å²) in [5.74, 6) is -0.301. The summed E-state index contributed by atoms with van der Waals surface area (Å²) in [6.07, 6.45) is 0. The van der Waals surface area contributed by atoms with Gasteiger partial charge in [-0.05, 0) is 36.8 Å². The Morgan fingerprint density at radius 1 is 1.11 bits per heavy atom. The van der Waals surface area contributed by atoms with Crippen molar-refractivity contribution in [1.82, 2.24) is 0 Å². The molecule has 0 aliphatic heterocycles. The van der Waals surface area contributed by atoms with Crippen LogP contribution in [0, 0.1) is 24.1 Å². The third-order valence-corrected chi connectivity index (χ3v) is 2.85. The van der Waals surface area contributed by atoms with Crippen LogP contribution in [0.2, 0.25) is 0 Å². The molecule has 2 rings (SSSR count). The molecule has 2 aromatic rings. The largest absolute Gasteiger partial charge is 0.341 e. The van der Waals surface area contributed by atoms with Crippen molar-refractivity contribution in [3.63, 3.8) is 0 Å². The summed E-state index contributed by atoms with van der Waals surface area (Å²) in [5, 5.41) is 9.10. The van der Waals surface area contributed by atoms with Crippen molar-refractivity contribution < 1.29 is 4.39 Å². The van der Waals surface area contributed by atoms with Crippen molar-refractivity contribution in [3.05, 3.63) is 59.4 Å². The number of nitriles is 1. The monoisotopic (exact) mass is 240 g/mol. The summed E-state index contributed by atoms with van der Waals surface area (Å²) < 4.78 is 13.7. The van der Waals surface area contributed by atoms with Gasteiger partial charge in [0.1, 0.15) is 11.9 Å². The van der Waals surface area contributed by atoms with E-state index in [1.54, 1.807) is 36.2 Å². The minimum atomic E-state index is -0.301. The van der Waals surface area contributed by atoms with Crippen LogP contribution in [0.15, 0.2) is 42.5 Å². The first-order valence-corrected chi connectivity index (χ1v) is 5.62. The van der Waals surface area contributed by atoms with E-state index >= 15 is 0 Å². The SMILES string of the molecule is Cc1ccc(C#N)c(N(C)c2ccccc2F)c1. The Bertz CT molecular complexity index is 614. The van der Waals surface area contributed by atoms with Gasteiger partial charge in [0.15, 0.2) is 0 Å². The average molecular weight is 240 g/mol. The molecular weight excluding hydrogens is 227 g/mol. The molecule has 2 nitrogen and oxygen atoms in total. The second-order valence-electron chi connectivity index (χ2n) is 4.14. The molecule has 0 aromatic heterocycles. The number of hydrogen-bond acceptors (Lipinski definition) is 2. The zero-order valence-electron chi connectivity index (χ0n) is 10.3. The Morgan fingerprint density at radius 2 is 1.83 bits per heavy atom. The molecule has 0 amide bonds. The number of anilines is 2. The summed E-state index contributed by atoms with van der Waals surface area (Å²) in [6.45, 7) is 1.94. The summed E-state index contributed by atoms with van der Waals surface area (Å²) in [5.41, 5.74) is 2.74. The van der Waals surface area contributed by atoms with Crippen LogP contribution in [0.5, 0.6) is 0 Å². The Labute approximate surface area is 106 Å². The van der Waals surface area contributed by atoms with Crippen molar-refractivity contribution >= 4 is 11.4 Å². The number of nitrogens with zero attached hydrogens (tertiary/aromatic N) is 2. The molecule has 0 bridgehead atoms. The van der Waals surface area contributed by atoms with Crippen molar-refractivity contribution in [2.45, 2.75) is 6.92 Å². The lowest BCUT2D eigenvalue weighted by Crippen LogP contribution is -2.12. The number of aryl methyl sites for hydroxylation is 1. The molecule has 2 aromatic carbocycles. The van der Waals surface area contributed by atoms with Gasteiger partial charge in [-0.3, -0.25) is 0 Å². The fraction of sp³-hybridized carbons (Fsp3) is 0.133. The molecule has 0 spiro atoms. The first-order chi connectivity index (χ1) is 8.63. The third kappa shape index (κ3) is 2.18. The first kappa shape index (κ1) is 12.1. The first-order valence-electron chi connectivity index (χ1n) is 5.62. The Morgan fingerprint density at radius 3 is 2.50 bits per heavy atom. The summed E-state index contributed by atoms with van der Waals surface area (Å²) in [7, 11) is 1.76. The zero-order valence-corrected chi connectivity index (χ0v) is 10.3. The molecule has 3 heteroatoms. The van der Waals surface area contributed by atoms with E-state index in [2.05, 4.69) is 6.07 Å². The molecule has 0 atom stereocenters. The highest BCUT2D eigenvalue weighted by Crippen LogP contribution is 2.29. The number of rotatable bonds is 2. The lowest BCUT2D eigenvalue weighted by molar-refractivity contribution is 0.627. The van der Waals surface area contributed by atoms with Gasteiger partial charge in [0.25, 0.3) is 0 Å². The van der Waals surface area contributed by atoms with Crippen LogP contribution in [0.1, 0.15) is 11.1 Å². The van der Waals surface area contributed by atoms with Gasteiger partial charge in [0.05, 0.1) is 16.9 Å². The van der Waals surface area contributed by atoms with E-state index in [0.29, 0.717) is 16.9 Å². The van der Waals surface area contributed by atoms with E-state index in [0.717, 1.165) is 5.56 Å². The Kier molecular flexibility index (Phi) is 3.29. The van der Waals surface area contributed by atoms with E-state index in [-0.39, 0.29) is 5.82 Å². The minimum absolute atomic E-state index is 0.301. The molecule has 0 aliphatic carbocycles. The highest BCUT2D eigenvalue weighted by atomic mass is 19.1. The molecule has 0 fully saturated rings. The molecule has 0 saturated heterocycles. The van der Waals surface area contributed by atoms with Gasteiger partial charge in [-0.2, -0.15) is 5.26 Å². The predicted molar refractivity (Wildman–Crippen MR) is 70.4 cm³/mol. The number of hydrogen-bond donors (Lipinski definition) is 0. The second-order valence-corrected chi connectivity index (χ2v) is 4.14. The smallest absolute Gasteiger partial charge is 0.146 e. The van der Waals surface area contributed by atoms with Gasteiger partial charge < -0.3 is 4.90 Å². The van der Waals surface area contributed by atoms with Gasteiger partial charge in [-0.15, -0.1) is 0 Å². The topological polar surface area (TPSA) is 27.0 Å². The van der Waals surface area contributed by atoms with Crippen molar-refractivity contribution in [2.75, 3.05) is 11.9 Å². The molecule has 0 N–H and O–H groups in total. The van der Waals surface area contributed by atoms with Crippen LogP contribution in [0.4, 0.5) is 15.8 Å². The van der Waals surface area contributed by atoms with Gasteiger partial charge >= 0.3 is 0 Å². The van der Waals surface area contributed by atoms with E-state index in [1.165, 1.54) is 6.07 Å². The van der Waals surface area contributed by atoms with Crippen molar-refractivity contribution in [1.29, 1.82) is 5.26 Å². The quantitative estimate of drug-likeness (QED) is 0.798. The van der Waals surface area contributed by atoms with E-state index < -0.39 is 0 Å². The highest BCUT2D eigenvalue weighted by molar-refractivity contribution is 5.69. The number of benzene rings is 2. The van der Waals surface area contributed by atoms with Crippen LogP contribution in [0.3, 0.4) is 0 Å². The maximum atomic E-state index is 13.7. The molecule has 0 aliphatic rings. The maximum absolute atomic E-state index is 13.7. The highest BCUT2D eigenvalue weighted by Gasteiger charge is 2.12. The maximum Gasteiger partial charge on any atom is 0.146 e. The number of para-hydroxylation sites is 1. The van der Waals surface area contributed by atoms with Crippen molar-refractivity contribution in [2.24, 2.45) is 0 Å². The van der Waals surface area contributed by atoms with Crippen LogP contribution in [0.25, 0.3) is 0 Å². The van der Waals surface area contributed by atoms with Crippen molar-refractivity contribution in [3.8, 4) is 6.07 Å². The van der Waals surface area contributed by atoms with Crippen LogP contribution in [-0.2, 0) is 0 Å². The van der Waals surface area contributed by atoms with E-state index in [4.69, 9.17) is 5.26 Å². The molecule has 0 saturated carbocycles. The van der Waals surface area contributed by atoms with Crippen LogP contribution >= 0.6 is 0 Å². The Balaban J connectivity index is 2.53. The third-order valence-electron chi connectivity index (χ3n) is 2.85. The summed E-state index contributed by atoms with van der Waals surface area (Å²) >= 11 is 0. The minimum Gasteiger partial charge on any atom is -0.341 e. The summed E-state index contributed by atoms with van der Waals surface area (Å²) in [4.78, 5) is 1.70. The normalized spacial score (nSPS) is 9.89. The van der Waals surface area contributed by atoms with Gasteiger partial charge in [-0.25, -0.2) is 4.39 Å². The van der Waals surface area contributed by atoms with E-state index in [1.807, 2.05) is 19.1 Å². The average Bonchev–Trinajstić information content (AvgIpc) is 2.38. The zero-order chi connectivity index (χ0) is 13.1. The molecule has 0 heterocycles. The Hall–Kier alpha value is -2.34. The van der Waals surface area contributed by atoms with E-state index in [9.17, 15) is 4.39 Å². The fourth-order valence-electron chi connectivity index (χ4n) is 1.87. The standard InChI is InChI=1S/C15H13FN2/c1-11-7-8-12(10-17)15(9-11)18(2)14-6-4-3-5-13(14)16/h3-9H,1-2H3. The van der Waals surface area contributed by atoms with Crippen LogP contribution in [-0.4, -0.2) is 7.05 Å². The molecule has 0 radical (unpaired) electrons. The lowest BCUT2D eigenvalue weighted by Gasteiger charge is -2.21.